The van der Waals surface area contributed by atoms with Gasteiger partial charge in [0.05, 0.1) is 0 Å². The van der Waals surface area contributed by atoms with E-state index in [1.807, 2.05) is 0 Å². The first-order chi connectivity index (χ1) is 10.7. The Balaban J connectivity index is 0.000000845. The largest absolute Gasteiger partial charge is 2.00 e. The molecule has 5 rings (SSSR count). The fraction of sp³-hybridized carbons (Fsp3) is 0.136. The average molecular weight is 306 g/mol. The van der Waals surface area contributed by atoms with Gasteiger partial charge in [-0.05, 0) is 39.1 Å². The summed E-state index contributed by atoms with van der Waals surface area (Å²) in [6.07, 6.45) is 0. The number of para-hydroxylation sites is 1. The molecule has 3 aromatic carbocycles. The fourth-order valence-corrected chi connectivity index (χ4v) is 3.97. The maximum Gasteiger partial charge on any atom is 2.00 e. The van der Waals surface area contributed by atoms with E-state index < -0.39 is 0 Å². The minimum atomic E-state index is 0. The van der Waals surface area contributed by atoms with Crippen LogP contribution in [0.2, 0.25) is 0 Å². The molecule has 0 saturated heterocycles. The molecule has 1 aliphatic carbocycles. The van der Waals surface area contributed by atoms with Gasteiger partial charge in [0.25, 0.3) is 0 Å². The number of nitrogens with zero attached hydrogens (tertiary/aromatic N) is 1. The molecular formula is C22H19BeN. The first kappa shape index (κ1) is 16.5. The average Bonchev–Trinajstić information content (AvgIpc) is 3.00. The number of benzene rings is 3. The Kier molecular flexibility index (Phi) is 3.66. The molecular weight excluding hydrogens is 287 g/mol. The normalized spacial score (nSPS) is 13.9. The van der Waals surface area contributed by atoms with Crippen LogP contribution in [0.3, 0.4) is 0 Å². The SMILES string of the molecule is CC1(C)c2ccccc2-c2cc3c(cc21)[n-]c1ccccc13.[Be+2].[CH3-]. The second kappa shape index (κ2) is 5.33. The predicted molar refractivity (Wildman–Crippen MR) is 105 cm³/mol. The molecule has 1 aliphatic rings. The minimum absolute atomic E-state index is 0. The van der Waals surface area contributed by atoms with Crippen molar-refractivity contribution in [2.24, 2.45) is 0 Å². The van der Waals surface area contributed by atoms with Crippen LogP contribution in [0.15, 0.2) is 60.7 Å². The van der Waals surface area contributed by atoms with Gasteiger partial charge in [-0.2, -0.15) is 0 Å². The first-order valence-electron chi connectivity index (χ1n) is 7.76. The van der Waals surface area contributed by atoms with Crippen LogP contribution < -0.4 is 4.98 Å². The molecule has 24 heavy (non-hydrogen) atoms. The van der Waals surface area contributed by atoms with Gasteiger partial charge < -0.3 is 12.4 Å². The number of fused-ring (bicyclic) bond motifs is 6. The van der Waals surface area contributed by atoms with Crippen LogP contribution in [0.25, 0.3) is 32.9 Å². The summed E-state index contributed by atoms with van der Waals surface area (Å²) >= 11 is 0. The summed E-state index contributed by atoms with van der Waals surface area (Å²) in [5, 5.41) is 2.52. The second-order valence-corrected chi connectivity index (χ2v) is 6.71. The Morgan fingerprint density at radius 1 is 0.708 bits per heavy atom. The van der Waals surface area contributed by atoms with E-state index in [9.17, 15) is 0 Å². The zero-order valence-electron chi connectivity index (χ0n) is 14.4. The van der Waals surface area contributed by atoms with Crippen LogP contribution in [0.5, 0.6) is 0 Å². The number of hydrogen-bond acceptors (Lipinski definition) is 0. The predicted octanol–water partition coefficient (Wildman–Crippen LogP) is 5.33. The molecule has 0 N–H and O–H groups in total. The maximum atomic E-state index is 4.82. The summed E-state index contributed by atoms with van der Waals surface area (Å²) in [5.74, 6) is 0. The molecule has 0 atom stereocenters. The molecule has 0 fully saturated rings. The molecule has 2 heteroatoms. The zero-order chi connectivity index (χ0) is 14.9. The third kappa shape index (κ3) is 1.92. The molecule has 0 aliphatic heterocycles. The quantitative estimate of drug-likeness (QED) is 0.316. The molecule has 1 heterocycles. The smallest absolute Gasteiger partial charge is 0.657 e. The van der Waals surface area contributed by atoms with Crippen molar-refractivity contribution in [1.29, 1.82) is 0 Å². The van der Waals surface area contributed by atoms with E-state index in [1.54, 1.807) is 0 Å². The van der Waals surface area contributed by atoms with Crippen LogP contribution in [-0.2, 0) is 5.41 Å². The van der Waals surface area contributed by atoms with Crippen molar-refractivity contribution >= 4 is 31.9 Å². The van der Waals surface area contributed by atoms with E-state index >= 15 is 0 Å². The topological polar surface area (TPSA) is 14.1 Å². The van der Waals surface area contributed by atoms with E-state index in [2.05, 4.69) is 74.5 Å². The van der Waals surface area contributed by atoms with Gasteiger partial charge in [0, 0.05) is 5.41 Å². The molecule has 114 valence electrons. The van der Waals surface area contributed by atoms with Gasteiger partial charge in [-0.3, -0.25) is 0 Å². The molecule has 0 radical (unpaired) electrons. The molecule has 4 aromatic rings. The Bertz CT molecular complexity index is 1060. The molecule has 0 saturated carbocycles. The first-order valence-corrected chi connectivity index (χ1v) is 7.76. The van der Waals surface area contributed by atoms with Gasteiger partial charge in [-0.1, -0.05) is 68.4 Å². The zero-order valence-corrected chi connectivity index (χ0v) is 14.4. The summed E-state index contributed by atoms with van der Waals surface area (Å²) in [7, 11) is 0. The summed E-state index contributed by atoms with van der Waals surface area (Å²) in [5.41, 5.74) is 7.80. The number of rotatable bonds is 0. The maximum absolute atomic E-state index is 4.82. The van der Waals surface area contributed by atoms with Crippen LogP contribution in [0.4, 0.5) is 0 Å². The Hall–Kier alpha value is -2.37. The van der Waals surface area contributed by atoms with E-state index in [4.69, 9.17) is 4.98 Å². The van der Waals surface area contributed by atoms with Crippen LogP contribution in [0, 0.1) is 7.43 Å². The van der Waals surface area contributed by atoms with E-state index in [0.717, 1.165) is 11.0 Å². The molecule has 0 bridgehead atoms. The third-order valence-electron chi connectivity index (χ3n) is 5.13. The Morgan fingerprint density at radius 3 is 2.25 bits per heavy atom. The van der Waals surface area contributed by atoms with E-state index in [0.29, 0.717) is 0 Å². The van der Waals surface area contributed by atoms with Crippen molar-refractivity contribution in [2.75, 3.05) is 0 Å². The van der Waals surface area contributed by atoms with Gasteiger partial charge in [0.15, 0.2) is 0 Å². The van der Waals surface area contributed by atoms with Crippen molar-refractivity contribution in [2.45, 2.75) is 19.3 Å². The van der Waals surface area contributed by atoms with Crippen LogP contribution in [0.1, 0.15) is 25.0 Å². The van der Waals surface area contributed by atoms with Gasteiger partial charge in [0.1, 0.15) is 0 Å². The Morgan fingerprint density at radius 2 is 1.42 bits per heavy atom. The van der Waals surface area contributed by atoms with E-state index in [1.165, 1.54) is 33.0 Å². The molecule has 0 spiro atoms. The summed E-state index contributed by atoms with van der Waals surface area (Å²) in [6.45, 7) is 4.62. The van der Waals surface area contributed by atoms with Crippen molar-refractivity contribution in [3.63, 3.8) is 0 Å². The second-order valence-electron chi connectivity index (χ2n) is 6.71. The number of aromatic nitrogens is 1. The molecule has 0 amide bonds. The van der Waals surface area contributed by atoms with Crippen molar-refractivity contribution in [3.05, 3.63) is 79.2 Å². The van der Waals surface area contributed by atoms with Crippen molar-refractivity contribution < 1.29 is 0 Å². The van der Waals surface area contributed by atoms with Gasteiger partial charge in [-0.25, -0.2) is 0 Å². The van der Waals surface area contributed by atoms with Gasteiger partial charge in [-0.15, -0.1) is 11.0 Å². The minimum Gasteiger partial charge on any atom is -0.657 e. The van der Waals surface area contributed by atoms with Gasteiger partial charge >= 0.3 is 10.1 Å². The van der Waals surface area contributed by atoms with Crippen molar-refractivity contribution in [1.82, 2.24) is 4.98 Å². The molecule has 1 nitrogen and oxygen atoms in total. The Labute approximate surface area is 146 Å². The van der Waals surface area contributed by atoms with Crippen molar-refractivity contribution in [3.8, 4) is 11.1 Å². The summed E-state index contributed by atoms with van der Waals surface area (Å²) in [6, 6.07) is 21.8. The number of hydrogen-bond donors (Lipinski definition) is 0. The third-order valence-corrected chi connectivity index (χ3v) is 5.13. The standard InChI is InChI=1S/C21H16N.CH3.Be/c1-21(2)17-9-5-3-7-13(17)15-11-16-14-8-4-6-10-19(14)22-20(16)12-18(15)21;;/h3-12H,1-2H3;1H3;/q2*-1;+2. The monoisotopic (exact) mass is 306 g/mol. The molecule has 1 aromatic heterocycles. The van der Waals surface area contributed by atoms with Crippen LogP contribution in [-0.4, -0.2) is 10.1 Å². The molecule has 0 unspecified atom stereocenters. The van der Waals surface area contributed by atoms with E-state index in [-0.39, 0.29) is 23.0 Å². The summed E-state index contributed by atoms with van der Waals surface area (Å²) in [4.78, 5) is 4.82. The fourth-order valence-electron chi connectivity index (χ4n) is 3.97. The summed E-state index contributed by atoms with van der Waals surface area (Å²) < 4.78 is 0. The van der Waals surface area contributed by atoms with Crippen LogP contribution >= 0.6 is 0 Å². The van der Waals surface area contributed by atoms with Gasteiger partial charge in [0.2, 0.25) is 0 Å².